The van der Waals surface area contributed by atoms with Crippen molar-refractivity contribution >= 4 is 46.4 Å². The van der Waals surface area contributed by atoms with Crippen LogP contribution in [0.1, 0.15) is 23.2 Å². The molecule has 1 saturated heterocycles. The number of hydrogen-bond acceptors (Lipinski definition) is 3. The zero-order chi connectivity index (χ0) is 19.6. The van der Waals surface area contributed by atoms with E-state index in [2.05, 4.69) is 5.32 Å². The Morgan fingerprint density at radius 3 is 2.19 bits per heavy atom. The van der Waals surface area contributed by atoms with E-state index in [1.54, 1.807) is 17.0 Å². The summed E-state index contributed by atoms with van der Waals surface area (Å²) in [6.07, 6.45) is 1.07. The number of rotatable bonds is 3. The molecule has 3 N–H and O–H groups in total. The predicted octanol–water partition coefficient (Wildman–Crippen LogP) is 4.21. The van der Waals surface area contributed by atoms with Gasteiger partial charge in [-0.2, -0.15) is 0 Å². The fourth-order valence-electron chi connectivity index (χ4n) is 3.02. The average molecular weight is 410 g/mol. The van der Waals surface area contributed by atoms with Crippen LogP contribution in [0.3, 0.4) is 0 Å². The quantitative estimate of drug-likeness (QED) is 0.745. The summed E-state index contributed by atoms with van der Waals surface area (Å²) in [4.78, 5) is 26.6. The Hall–Kier alpha value is -2.31. The van der Waals surface area contributed by atoms with E-state index in [1.807, 2.05) is 0 Å². The molecule has 2 aromatic carbocycles. The van der Waals surface area contributed by atoms with Crippen molar-refractivity contribution in [2.75, 3.05) is 24.1 Å². The van der Waals surface area contributed by atoms with Crippen LogP contribution in [0, 0.1) is 11.7 Å². The second kappa shape index (κ2) is 8.15. The van der Waals surface area contributed by atoms with Crippen LogP contribution in [0.4, 0.5) is 15.8 Å². The van der Waals surface area contributed by atoms with Gasteiger partial charge in [0.25, 0.3) is 5.91 Å². The fourth-order valence-corrected chi connectivity index (χ4v) is 3.51. The van der Waals surface area contributed by atoms with Gasteiger partial charge < -0.3 is 16.0 Å². The lowest BCUT2D eigenvalue weighted by Gasteiger charge is -2.31. The van der Waals surface area contributed by atoms with Crippen LogP contribution >= 0.6 is 23.2 Å². The van der Waals surface area contributed by atoms with Crippen LogP contribution in [0.5, 0.6) is 0 Å². The zero-order valence-corrected chi connectivity index (χ0v) is 15.9. The standard InChI is InChI=1S/C19H18Cl2FN3O2/c20-15-9-14(10-16(21)17(15)23)24-18(26)11-5-7-25(8-6-11)19(27)12-1-3-13(22)4-2-12/h1-4,9-11H,5-8,23H2,(H,24,26). The molecule has 0 atom stereocenters. The van der Waals surface area contributed by atoms with Crippen molar-refractivity contribution in [3.05, 3.63) is 57.8 Å². The Kier molecular flexibility index (Phi) is 5.87. The van der Waals surface area contributed by atoms with Gasteiger partial charge in [-0.15, -0.1) is 0 Å². The maximum atomic E-state index is 13.0. The van der Waals surface area contributed by atoms with Gasteiger partial charge in [-0.25, -0.2) is 4.39 Å². The highest BCUT2D eigenvalue weighted by molar-refractivity contribution is 6.39. The molecule has 1 aliphatic rings. The molecule has 0 unspecified atom stereocenters. The average Bonchev–Trinajstić information content (AvgIpc) is 2.66. The Bertz CT molecular complexity index is 843. The Balaban J connectivity index is 1.58. The smallest absolute Gasteiger partial charge is 0.253 e. The van der Waals surface area contributed by atoms with Crippen LogP contribution in [0.2, 0.25) is 10.0 Å². The molecule has 0 aromatic heterocycles. The summed E-state index contributed by atoms with van der Waals surface area (Å²) < 4.78 is 13.0. The molecule has 1 heterocycles. The van der Waals surface area contributed by atoms with Crippen molar-refractivity contribution in [1.29, 1.82) is 0 Å². The number of nitrogens with one attached hydrogen (secondary N) is 1. The van der Waals surface area contributed by atoms with Crippen molar-refractivity contribution in [3.8, 4) is 0 Å². The van der Waals surface area contributed by atoms with Gasteiger partial charge in [0.1, 0.15) is 5.82 Å². The summed E-state index contributed by atoms with van der Waals surface area (Å²) in [5, 5.41) is 3.34. The topological polar surface area (TPSA) is 75.4 Å². The number of nitrogens with zero attached hydrogens (tertiary/aromatic N) is 1. The minimum atomic E-state index is -0.384. The van der Waals surface area contributed by atoms with Gasteiger partial charge in [0.15, 0.2) is 0 Å². The molecule has 2 aromatic rings. The number of hydrogen-bond donors (Lipinski definition) is 2. The largest absolute Gasteiger partial charge is 0.396 e. The van der Waals surface area contributed by atoms with E-state index in [4.69, 9.17) is 28.9 Å². The highest BCUT2D eigenvalue weighted by atomic mass is 35.5. The second-order valence-electron chi connectivity index (χ2n) is 6.42. The molecule has 1 fully saturated rings. The lowest BCUT2D eigenvalue weighted by atomic mass is 9.95. The number of likely N-dealkylation sites (tertiary alicyclic amines) is 1. The fraction of sp³-hybridized carbons (Fsp3) is 0.263. The third-order valence-corrected chi connectivity index (χ3v) is 5.22. The highest BCUT2D eigenvalue weighted by Crippen LogP contribution is 2.31. The number of nitrogens with two attached hydrogens (primary N) is 1. The molecule has 1 aliphatic heterocycles. The minimum absolute atomic E-state index is 0.152. The molecule has 8 heteroatoms. The van der Waals surface area contributed by atoms with Gasteiger partial charge >= 0.3 is 0 Å². The molecule has 3 rings (SSSR count). The third kappa shape index (κ3) is 4.51. The van der Waals surface area contributed by atoms with Gasteiger partial charge in [-0.3, -0.25) is 9.59 Å². The Morgan fingerprint density at radius 1 is 1.07 bits per heavy atom. The predicted molar refractivity (Wildman–Crippen MR) is 105 cm³/mol. The third-order valence-electron chi connectivity index (χ3n) is 4.59. The van der Waals surface area contributed by atoms with E-state index in [9.17, 15) is 14.0 Å². The van der Waals surface area contributed by atoms with E-state index >= 15 is 0 Å². The van der Waals surface area contributed by atoms with Crippen molar-refractivity contribution < 1.29 is 14.0 Å². The lowest BCUT2D eigenvalue weighted by Crippen LogP contribution is -2.41. The van der Waals surface area contributed by atoms with E-state index in [1.165, 1.54) is 24.3 Å². The number of anilines is 2. The summed E-state index contributed by atoms with van der Waals surface area (Å²) in [7, 11) is 0. The van der Waals surface area contributed by atoms with Crippen LogP contribution in [0.25, 0.3) is 0 Å². The van der Waals surface area contributed by atoms with Gasteiger partial charge in [-0.05, 0) is 49.2 Å². The molecule has 5 nitrogen and oxygen atoms in total. The van der Waals surface area contributed by atoms with Crippen molar-refractivity contribution in [2.24, 2.45) is 5.92 Å². The summed E-state index contributed by atoms with van der Waals surface area (Å²) in [5.41, 5.74) is 6.87. The summed E-state index contributed by atoms with van der Waals surface area (Å²) >= 11 is 12.0. The van der Waals surface area contributed by atoms with E-state index < -0.39 is 0 Å². The molecular formula is C19H18Cl2FN3O2. The molecular weight excluding hydrogens is 392 g/mol. The minimum Gasteiger partial charge on any atom is -0.396 e. The number of carbonyl (C=O) groups is 2. The van der Waals surface area contributed by atoms with Crippen LogP contribution in [-0.4, -0.2) is 29.8 Å². The summed E-state index contributed by atoms with van der Waals surface area (Å²) in [6.45, 7) is 0.912. The molecule has 0 radical (unpaired) electrons. The number of halogens is 3. The van der Waals surface area contributed by atoms with E-state index in [0.29, 0.717) is 37.2 Å². The molecule has 0 saturated carbocycles. The monoisotopic (exact) mass is 409 g/mol. The van der Waals surface area contributed by atoms with Crippen molar-refractivity contribution in [3.63, 3.8) is 0 Å². The highest BCUT2D eigenvalue weighted by Gasteiger charge is 2.28. The van der Waals surface area contributed by atoms with E-state index in [0.717, 1.165) is 0 Å². The maximum Gasteiger partial charge on any atom is 0.253 e. The molecule has 0 bridgehead atoms. The number of piperidine rings is 1. The van der Waals surface area contributed by atoms with Crippen LogP contribution in [0.15, 0.2) is 36.4 Å². The van der Waals surface area contributed by atoms with Crippen LogP contribution in [-0.2, 0) is 4.79 Å². The first kappa shape index (κ1) is 19.5. The second-order valence-corrected chi connectivity index (χ2v) is 7.23. The maximum absolute atomic E-state index is 13.0. The molecule has 27 heavy (non-hydrogen) atoms. The molecule has 0 aliphatic carbocycles. The van der Waals surface area contributed by atoms with E-state index in [-0.39, 0.29) is 39.3 Å². The van der Waals surface area contributed by atoms with Crippen molar-refractivity contribution in [1.82, 2.24) is 4.90 Å². The normalized spacial score (nSPS) is 14.9. The Morgan fingerprint density at radius 2 is 1.63 bits per heavy atom. The first-order chi connectivity index (χ1) is 12.8. The number of benzene rings is 2. The first-order valence-corrected chi connectivity index (χ1v) is 9.21. The molecule has 0 spiro atoms. The number of carbonyl (C=O) groups excluding carboxylic acids is 2. The molecule has 2 amide bonds. The SMILES string of the molecule is Nc1c(Cl)cc(NC(=O)C2CCN(C(=O)c3ccc(F)cc3)CC2)cc1Cl. The zero-order valence-electron chi connectivity index (χ0n) is 14.3. The van der Waals surface area contributed by atoms with Gasteiger partial charge in [0, 0.05) is 30.3 Å². The number of amides is 2. The van der Waals surface area contributed by atoms with Gasteiger partial charge in [0.2, 0.25) is 5.91 Å². The van der Waals surface area contributed by atoms with Crippen molar-refractivity contribution in [2.45, 2.75) is 12.8 Å². The first-order valence-electron chi connectivity index (χ1n) is 8.45. The van der Waals surface area contributed by atoms with Crippen LogP contribution < -0.4 is 11.1 Å². The van der Waals surface area contributed by atoms with Gasteiger partial charge in [0.05, 0.1) is 15.7 Å². The molecule has 142 valence electrons. The Labute approximate surface area is 166 Å². The number of nitrogen functional groups attached to an aromatic ring is 1. The van der Waals surface area contributed by atoms with Gasteiger partial charge in [-0.1, -0.05) is 23.2 Å². The summed E-state index contributed by atoms with van der Waals surface area (Å²) in [6, 6.07) is 8.55. The lowest BCUT2D eigenvalue weighted by molar-refractivity contribution is -0.121. The summed E-state index contributed by atoms with van der Waals surface area (Å²) in [5.74, 6) is -0.922.